The van der Waals surface area contributed by atoms with Gasteiger partial charge in [-0.3, -0.25) is 9.59 Å². The summed E-state index contributed by atoms with van der Waals surface area (Å²) in [5.74, 6) is -0.327. The van der Waals surface area contributed by atoms with Crippen LogP contribution in [0.15, 0.2) is 48.5 Å². The highest BCUT2D eigenvalue weighted by Gasteiger charge is 2.04. The molecule has 3 N–H and O–H groups in total. The lowest BCUT2D eigenvalue weighted by Gasteiger charge is -2.09. The molecule has 2 rings (SSSR count). The molecule has 0 spiro atoms. The second-order valence-corrected chi connectivity index (χ2v) is 5.41. The molecule has 0 saturated carbocycles. The van der Waals surface area contributed by atoms with Crippen molar-refractivity contribution < 1.29 is 9.59 Å². The van der Waals surface area contributed by atoms with Crippen LogP contribution in [0, 0.1) is 0 Å². The van der Waals surface area contributed by atoms with Gasteiger partial charge in [-0.2, -0.15) is 0 Å². The van der Waals surface area contributed by atoms with Crippen molar-refractivity contribution in [3.05, 3.63) is 59.1 Å². The zero-order chi connectivity index (χ0) is 16.7. The van der Waals surface area contributed by atoms with E-state index in [1.54, 1.807) is 24.3 Å². The highest BCUT2D eigenvalue weighted by atomic mass is 35.5. The lowest BCUT2D eigenvalue weighted by atomic mass is 10.2. The van der Waals surface area contributed by atoms with Crippen LogP contribution >= 0.6 is 11.6 Å². The quantitative estimate of drug-likeness (QED) is 0.762. The fourth-order valence-electron chi connectivity index (χ4n) is 2.04. The van der Waals surface area contributed by atoms with E-state index in [4.69, 9.17) is 11.6 Å². The number of hydrogen-bond acceptors (Lipinski definition) is 3. The maximum absolute atomic E-state index is 11.9. The third-order valence-corrected chi connectivity index (χ3v) is 3.39. The second kappa shape index (κ2) is 8.31. The van der Waals surface area contributed by atoms with Gasteiger partial charge in [0, 0.05) is 29.9 Å². The van der Waals surface area contributed by atoms with Crippen LogP contribution in [0.2, 0.25) is 5.02 Å². The highest BCUT2D eigenvalue weighted by molar-refractivity contribution is 6.31. The zero-order valence-corrected chi connectivity index (χ0v) is 13.5. The summed E-state index contributed by atoms with van der Waals surface area (Å²) in [7, 11) is 0. The molecule has 2 aromatic rings. The van der Waals surface area contributed by atoms with Gasteiger partial charge >= 0.3 is 0 Å². The highest BCUT2D eigenvalue weighted by Crippen LogP contribution is 2.15. The van der Waals surface area contributed by atoms with Gasteiger partial charge in [0.05, 0.1) is 6.54 Å². The predicted molar refractivity (Wildman–Crippen MR) is 92.5 cm³/mol. The largest absolute Gasteiger partial charge is 0.326 e. The first-order valence-corrected chi connectivity index (χ1v) is 7.54. The number of halogens is 1. The van der Waals surface area contributed by atoms with Crippen molar-refractivity contribution >= 4 is 34.8 Å². The average Bonchev–Trinajstić information content (AvgIpc) is 2.49. The van der Waals surface area contributed by atoms with E-state index in [1.165, 1.54) is 6.92 Å². The number of nitrogens with one attached hydrogen (secondary N) is 3. The average molecular weight is 332 g/mol. The molecule has 2 aromatic carbocycles. The van der Waals surface area contributed by atoms with Crippen molar-refractivity contribution in [2.24, 2.45) is 0 Å². The minimum atomic E-state index is -0.169. The van der Waals surface area contributed by atoms with Crippen molar-refractivity contribution in [1.29, 1.82) is 0 Å². The van der Waals surface area contributed by atoms with Crippen LogP contribution < -0.4 is 16.0 Å². The van der Waals surface area contributed by atoms with Gasteiger partial charge in [-0.15, -0.1) is 0 Å². The van der Waals surface area contributed by atoms with Crippen molar-refractivity contribution in [1.82, 2.24) is 5.32 Å². The molecular formula is C17H18ClN3O2. The Morgan fingerprint density at radius 2 is 1.70 bits per heavy atom. The fraction of sp³-hybridized carbons (Fsp3) is 0.176. The molecule has 5 nitrogen and oxygen atoms in total. The molecule has 0 saturated heterocycles. The summed E-state index contributed by atoms with van der Waals surface area (Å²) in [5.41, 5.74) is 2.20. The van der Waals surface area contributed by atoms with Gasteiger partial charge in [-0.25, -0.2) is 0 Å². The molecule has 0 atom stereocenters. The Bertz CT molecular complexity index is 704. The summed E-state index contributed by atoms with van der Waals surface area (Å²) in [5, 5.41) is 9.15. The van der Waals surface area contributed by atoms with E-state index in [-0.39, 0.29) is 18.4 Å². The topological polar surface area (TPSA) is 70.2 Å². The summed E-state index contributed by atoms with van der Waals surface area (Å²) in [6.07, 6.45) is 0. The van der Waals surface area contributed by atoms with Crippen molar-refractivity contribution in [3.8, 4) is 0 Å². The van der Waals surface area contributed by atoms with Gasteiger partial charge in [0.15, 0.2) is 0 Å². The third-order valence-electron chi connectivity index (χ3n) is 3.03. The van der Waals surface area contributed by atoms with E-state index in [1.807, 2.05) is 24.3 Å². The molecule has 0 aliphatic heterocycles. The first-order chi connectivity index (χ1) is 11.0. The molecule has 0 radical (unpaired) electrons. The summed E-state index contributed by atoms with van der Waals surface area (Å²) in [4.78, 5) is 23.0. The van der Waals surface area contributed by atoms with E-state index in [9.17, 15) is 9.59 Å². The number of amides is 2. The SMILES string of the molecule is CC(=O)Nc1cccc(NC(=O)CNCc2ccccc2Cl)c1. The van der Waals surface area contributed by atoms with E-state index in [2.05, 4.69) is 16.0 Å². The maximum Gasteiger partial charge on any atom is 0.238 e. The number of benzene rings is 2. The first-order valence-electron chi connectivity index (χ1n) is 7.16. The lowest BCUT2D eigenvalue weighted by molar-refractivity contribution is -0.115. The van der Waals surface area contributed by atoms with Gasteiger partial charge in [0.1, 0.15) is 0 Å². The van der Waals surface area contributed by atoms with Gasteiger partial charge in [0.25, 0.3) is 0 Å². The molecule has 120 valence electrons. The van der Waals surface area contributed by atoms with Crippen molar-refractivity contribution in [3.63, 3.8) is 0 Å². The Labute approximate surface area is 140 Å². The van der Waals surface area contributed by atoms with Crippen LogP contribution in [-0.2, 0) is 16.1 Å². The summed E-state index contributed by atoms with van der Waals surface area (Å²) in [6.45, 7) is 2.11. The summed E-state index contributed by atoms with van der Waals surface area (Å²) >= 11 is 6.05. The second-order valence-electron chi connectivity index (χ2n) is 5.01. The van der Waals surface area contributed by atoms with Crippen LogP contribution in [0.5, 0.6) is 0 Å². The molecule has 0 aliphatic rings. The number of hydrogen-bond donors (Lipinski definition) is 3. The molecule has 2 amide bonds. The Morgan fingerprint density at radius 3 is 2.39 bits per heavy atom. The molecule has 0 aliphatic carbocycles. The van der Waals surface area contributed by atoms with Crippen LogP contribution in [0.25, 0.3) is 0 Å². The molecule has 0 aromatic heterocycles. The fourth-order valence-corrected chi connectivity index (χ4v) is 2.24. The standard InChI is InChI=1S/C17H18ClN3O2/c1-12(22)20-14-6-4-7-15(9-14)21-17(23)11-19-10-13-5-2-3-8-16(13)18/h2-9,19H,10-11H2,1H3,(H,20,22)(H,21,23). The van der Waals surface area contributed by atoms with Gasteiger partial charge < -0.3 is 16.0 Å². The molecule has 0 heterocycles. The van der Waals surface area contributed by atoms with Crippen LogP contribution in [0.4, 0.5) is 11.4 Å². The normalized spacial score (nSPS) is 10.2. The van der Waals surface area contributed by atoms with Crippen LogP contribution in [0.3, 0.4) is 0 Å². The lowest BCUT2D eigenvalue weighted by Crippen LogP contribution is -2.27. The smallest absolute Gasteiger partial charge is 0.238 e. The minimum Gasteiger partial charge on any atom is -0.326 e. The molecule has 0 bridgehead atoms. The van der Waals surface area contributed by atoms with E-state index < -0.39 is 0 Å². The minimum absolute atomic E-state index is 0.158. The summed E-state index contributed by atoms with van der Waals surface area (Å²) in [6, 6.07) is 14.5. The Morgan fingerprint density at radius 1 is 1.00 bits per heavy atom. The van der Waals surface area contributed by atoms with Crippen molar-refractivity contribution in [2.75, 3.05) is 17.2 Å². The van der Waals surface area contributed by atoms with E-state index >= 15 is 0 Å². The molecule has 6 heteroatoms. The van der Waals surface area contributed by atoms with E-state index in [0.29, 0.717) is 22.9 Å². The van der Waals surface area contributed by atoms with Crippen molar-refractivity contribution in [2.45, 2.75) is 13.5 Å². The number of carbonyl (C=O) groups is 2. The van der Waals surface area contributed by atoms with Gasteiger partial charge in [-0.1, -0.05) is 35.9 Å². The Kier molecular flexibility index (Phi) is 6.14. The molecule has 0 unspecified atom stereocenters. The zero-order valence-electron chi connectivity index (χ0n) is 12.7. The Hall–Kier alpha value is -2.37. The van der Waals surface area contributed by atoms with Gasteiger partial charge in [0.2, 0.25) is 11.8 Å². The van der Waals surface area contributed by atoms with Gasteiger partial charge in [-0.05, 0) is 29.8 Å². The number of rotatable bonds is 6. The molecule has 0 fully saturated rings. The maximum atomic E-state index is 11.9. The molecular weight excluding hydrogens is 314 g/mol. The van der Waals surface area contributed by atoms with Crippen LogP contribution in [0.1, 0.15) is 12.5 Å². The van der Waals surface area contributed by atoms with Crippen LogP contribution in [-0.4, -0.2) is 18.4 Å². The predicted octanol–water partition coefficient (Wildman–Crippen LogP) is 3.03. The summed E-state index contributed by atoms with van der Waals surface area (Å²) < 4.78 is 0. The first kappa shape index (κ1) is 17.0. The monoisotopic (exact) mass is 331 g/mol. The molecule has 23 heavy (non-hydrogen) atoms. The number of carbonyl (C=O) groups excluding carboxylic acids is 2. The number of anilines is 2. The Balaban J connectivity index is 1.83. The third kappa shape index (κ3) is 5.73. The van der Waals surface area contributed by atoms with E-state index in [0.717, 1.165) is 5.56 Å².